The van der Waals surface area contributed by atoms with Crippen molar-refractivity contribution in [3.05, 3.63) is 71.8 Å². The molecule has 0 aromatic heterocycles. The minimum atomic E-state index is 0.0586. The van der Waals surface area contributed by atoms with Crippen molar-refractivity contribution in [2.75, 3.05) is 0 Å². The van der Waals surface area contributed by atoms with Gasteiger partial charge in [0, 0.05) is 11.1 Å². The first-order chi connectivity index (χ1) is 10.6. The molecule has 2 heteroatoms. The normalized spacial score (nSPS) is 10.6. The summed E-state index contributed by atoms with van der Waals surface area (Å²) in [6.45, 7) is 3.15. The van der Waals surface area contributed by atoms with Crippen LogP contribution in [0.5, 0.6) is 0 Å². The van der Waals surface area contributed by atoms with E-state index in [-0.39, 0.29) is 11.6 Å². The molecule has 0 unspecified atom stereocenters. The van der Waals surface area contributed by atoms with E-state index in [0.29, 0.717) is 5.56 Å². The number of hydrogen-bond donors (Lipinski definition) is 0. The molecule has 0 bridgehead atoms. The first-order valence-electron chi connectivity index (χ1n) is 7.22. The Labute approximate surface area is 129 Å². The summed E-state index contributed by atoms with van der Waals surface area (Å²) in [5.41, 5.74) is 3.54. The number of fused-ring (bicyclic) bond motifs is 1. The molecule has 22 heavy (non-hydrogen) atoms. The van der Waals surface area contributed by atoms with Crippen molar-refractivity contribution in [1.82, 2.24) is 0 Å². The predicted octanol–water partition coefficient (Wildman–Crippen LogP) is 4.91. The summed E-state index contributed by atoms with van der Waals surface area (Å²) >= 11 is 0. The summed E-state index contributed by atoms with van der Waals surface area (Å²) in [4.78, 5) is 23.2. The molecule has 0 saturated carbocycles. The molecule has 0 spiro atoms. The molecule has 3 rings (SSSR count). The minimum Gasteiger partial charge on any atom is -0.295 e. The first kappa shape index (κ1) is 14.2. The second kappa shape index (κ2) is 5.57. The van der Waals surface area contributed by atoms with Gasteiger partial charge in [0.1, 0.15) is 0 Å². The topological polar surface area (TPSA) is 34.1 Å². The van der Waals surface area contributed by atoms with Gasteiger partial charge in [-0.15, -0.1) is 0 Å². The van der Waals surface area contributed by atoms with Gasteiger partial charge >= 0.3 is 0 Å². The van der Waals surface area contributed by atoms with E-state index >= 15 is 0 Å². The van der Waals surface area contributed by atoms with Crippen molar-refractivity contribution >= 4 is 22.3 Å². The average Bonchev–Trinajstić information content (AvgIpc) is 2.53. The van der Waals surface area contributed by atoms with E-state index < -0.39 is 0 Å². The summed E-state index contributed by atoms with van der Waals surface area (Å²) in [5.74, 6) is 0.123. The highest BCUT2D eigenvalue weighted by Crippen LogP contribution is 2.31. The smallest absolute Gasteiger partial charge is 0.160 e. The molecule has 0 amide bonds. The van der Waals surface area contributed by atoms with E-state index in [2.05, 4.69) is 0 Å². The van der Waals surface area contributed by atoms with Gasteiger partial charge in [-0.1, -0.05) is 60.7 Å². The van der Waals surface area contributed by atoms with Crippen LogP contribution in [0.15, 0.2) is 60.7 Å². The average molecular weight is 288 g/mol. The van der Waals surface area contributed by atoms with Crippen LogP contribution in [0.1, 0.15) is 34.6 Å². The summed E-state index contributed by atoms with van der Waals surface area (Å²) < 4.78 is 0. The molecule has 0 aliphatic heterocycles. The van der Waals surface area contributed by atoms with Gasteiger partial charge in [0.2, 0.25) is 0 Å². The zero-order chi connectivity index (χ0) is 15.7. The third-order valence-corrected chi connectivity index (χ3v) is 3.91. The van der Waals surface area contributed by atoms with Crippen LogP contribution in [0.25, 0.3) is 21.9 Å². The lowest BCUT2D eigenvalue weighted by Crippen LogP contribution is -1.95. The molecule has 0 heterocycles. The van der Waals surface area contributed by atoms with Crippen LogP contribution >= 0.6 is 0 Å². The Hall–Kier alpha value is -2.74. The maximum atomic E-state index is 11.8. The van der Waals surface area contributed by atoms with Crippen molar-refractivity contribution in [2.24, 2.45) is 0 Å². The Morgan fingerprint density at radius 3 is 1.91 bits per heavy atom. The number of hydrogen-bond acceptors (Lipinski definition) is 2. The Kier molecular flexibility index (Phi) is 3.60. The fourth-order valence-electron chi connectivity index (χ4n) is 2.74. The van der Waals surface area contributed by atoms with Crippen molar-refractivity contribution in [2.45, 2.75) is 13.8 Å². The highest BCUT2D eigenvalue weighted by atomic mass is 16.1. The van der Waals surface area contributed by atoms with Crippen molar-refractivity contribution < 1.29 is 9.59 Å². The van der Waals surface area contributed by atoms with Crippen molar-refractivity contribution in [1.29, 1.82) is 0 Å². The van der Waals surface area contributed by atoms with E-state index in [9.17, 15) is 9.59 Å². The van der Waals surface area contributed by atoms with Gasteiger partial charge in [-0.3, -0.25) is 9.59 Å². The highest BCUT2D eigenvalue weighted by molar-refractivity contribution is 6.11. The zero-order valence-electron chi connectivity index (χ0n) is 12.6. The number of Topliss-reactive ketones (excluding diaryl/α,β-unsaturated/α-hetero) is 2. The number of rotatable bonds is 3. The van der Waals surface area contributed by atoms with Crippen LogP contribution in [0.4, 0.5) is 0 Å². The molecule has 0 fully saturated rings. The van der Waals surface area contributed by atoms with Crippen LogP contribution in [-0.2, 0) is 0 Å². The maximum Gasteiger partial charge on any atom is 0.160 e. The Bertz CT molecular complexity index is 874. The lowest BCUT2D eigenvalue weighted by atomic mass is 9.93. The molecular weight excluding hydrogens is 272 g/mol. The summed E-state index contributed by atoms with van der Waals surface area (Å²) in [5, 5.41) is 2.01. The summed E-state index contributed by atoms with van der Waals surface area (Å²) in [7, 11) is 0. The second-order valence-electron chi connectivity index (χ2n) is 5.40. The van der Waals surface area contributed by atoms with E-state index in [1.807, 2.05) is 60.7 Å². The van der Waals surface area contributed by atoms with Gasteiger partial charge in [-0.05, 0) is 35.7 Å². The zero-order valence-corrected chi connectivity index (χ0v) is 12.6. The number of benzene rings is 3. The molecule has 3 aromatic rings. The standard InChI is InChI=1S/C20H16O2/c1-13(21)15-7-9-16(10-8-15)18-12-11-17(14(2)22)19-5-3-4-6-20(18)19/h3-12H,1-2H3. The maximum absolute atomic E-state index is 11.8. The van der Waals surface area contributed by atoms with Gasteiger partial charge in [-0.2, -0.15) is 0 Å². The molecule has 3 aromatic carbocycles. The molecule has 0 aliphatic rings. The van der Waals surface area contributed by atoms with Gasteiger partial charge in [0.15, 0.2) is 11.6 Å². The van der Waals surface area contributed by atoms with E-state index in [0.717, 1.165) is 27.5 Å². The molecule has 0 aliphatic carbocycles. The van der Waals surface area contributed by atoms with E-state index in [1.54, 1.807) is 13.8 Å². The summed E-state index contributed by atoms with van der Waals surface area (Å²) in [6, 6.07) is 19.3. The van der Waals surface area contributed by atoms with Crippen LogP contribution in [0.3, 0.4) is 0 Å². The van der Waals surface area contributed by atoms with Crippen LogP contribution in [0, 0.1) is 0 Å². The van der Waals surface area contributed by atoms with Crippen LogP contribution in [0.2, 0.25) is 0 Å². The lowest BCUT2D eigenvalue weighted by molar-refractivity contribution is 0.101. The third-order valence-electron chi connectivity index (χ3n) is 3.91. The van der Waals surface area contributed by atoms with Crippen LogP contribution < -0.4 is 0 Å². The first-order valence-corrected chi connectivity index (χ1v) is 7.22. The number of carbonyl (C=O) groups is 2. The van der Waals surface area contributed by atoms with Crippen LogP contribution in [-0.4, -0.2) is 11.6 Å². The molecule has 0 saturated heterocycles. The molecule has 0 N–H and O–H groups in total. The van der Waals surface area contributed by atoms with Gasteiger partial charge in [0.05, 0.1) is 0 Å². The fourth-order valence-corrected chi connectivity index (χ4v) is 2.74. The fraction of sp³-hybridized carbons (Fsp3) is 0.100. The van der Waals surface area contributed by atoms with E-state index in [1.165, 1.54) is 0 Å². The summed E-state index contributed by atoms with van der Waals surface area (Å²) in [6.07, 6.45) is 0. The molecule has 0 radical (unpaired) electrons. The quantitative estimate of drug-likeness (QED) is 0.641. The Morgan fingerprint density at radius 1 is 0.682 bits per heavy atom. The SMILES string of the molecule is CC(=O)c1ccc(-c2ccc(C(C)=O)c3ccccc23)cc1. The third kappa shape index (κ3) is 2.44. The predicted molar refractivity (Wildman–Crippen MR) is 89.4 cm³/mol. The molecule has 0 atom stereocenters. The molecule has 108 valence electrons. The van der Waals surface area contributed by atoms with Gasteiger partial charge in [-0.25, -0.2) is 0 Å². The molecule has 2 nitrogen and oxygen atoms in total. The highest BCUT2D eigenvalue weighted by Gasteiger charge is 2.10. The van der Waals surface area contributed by atoms with E-state index in [4.69, 9.17) is 0 Å². The number of ketones is 2. The largest absolute Gasteiger partial charge is 0.295 e. The second-order valence-corrected chi connectivity index (χ2v) is 5.40. The molecular formula is C20H16O2. The lowest BCUT2D eigenvalue weighted by Gasteiger charge is -2.10. The van der Waals surface area contributed by atoms with Crippen molar-refractivity contribution in [3.8, 4) is 11.1 Å². The number of carbonyl (C=O) groups excluding carboxylic acids is 2. The Morgan fingerprint density at radius 2 is 1.32 bits per heavy atom. The van der Waals surface area contributed by atoms with Gasteiger partial charge < -0.3 is 0 Å². The minimum absolute atomic E-state index is 0.0586. The van der Waals surface area contributed by atoms with Crippen molar-refractivity contribution in [3.63, 3.8) is 0 Å². The Balaban J connectivity index is 2.21. The monoisotopic (exact) mass is 288 g/mol. The van der Waals surface area contributed by atoms with Gasteiger partial charge in [0.25, 0.3) is 0 Å².